The summed E-state index contributed by atoms with van der Waals surface area (Å²) in [5.74, 6) is 0.499. The van der Waals surface area contributed by atoms with Crippen LogP contribution in [0.4, 0.5) is 5.82 Å². The molecule has 0 unspecified atom stereocenters. The number of rotatable bonds is 6. The van der Waals surface area contributed by atoms with Crippen LogP contribution < -0.4 is 17.2 Å². The first-order valence-electron chi connectivity index (χ1n) is 4.89. The number of aliphatic imine (C=N–C) groups is 1. The third-order valence-corrected chi connectivity index (χ3v) is 2.77. The van der Waals surface area contributed by atoms with Crippen molar-refractivity contribution in [2.45, 2.75) is 19.3 Å². The van der Waals surface area contributed by atoms with E-state index in [2.05, 4.69) is 9.98 Å². The number of ketones is 1. The third-order valence-electron chi connectivity index (χ3n) is 1.87. The lowest BCUT2D eigenvalue weighted by Gasteiger charge is -1.96. The molecule has 0 amide bonds. The molecule has 0 aliphatic heterocycles. The molecule has 7 heteroatoms. The first-order valence-corrected chi connectivity index (χ1v) is 5.77. The average molecular weight is 241 g/mol. The maximum absolute atomic E-state index is 11.6. The minimum absolute atomic E-state index is 0.0198. The van der Waals surface area contributed by atoms with E-state index in [1.165, 1.54) is 11.3 Å². The number of nitrogen functional groups attached to an aromatic ring is 1. The number of hydrogen-bond donors (Lipinski definition) is 3. The molecule has 6 N–H and O–H groups in total. The number of guanidine groups is 1. The Hall–Kier alpha value is -1.63. The lowest BCUT2D eigenvalue weighted by Crippen LogP contribution is -2.22. The van der Waals surface area contributed by atoms with Gasteiger partial charge in [0.2, 0.25) is 0 Å². The van der Waals surface area contributed by atoms with Gasteiger partial charge in [-0.25, -0.2) is 4.98 Å². The van der Waals surface area contributed by atoms with E-state index in [9.17, 15) is 4.79 Å². The normalized spacial score (nSPS) is 10.0. The molecule has 0 radical (unpaired) electrons. The number of hydrogen-bond acceptors (Lipinski definition) is 5. The number of aromatic nitrogens is 1. The highest BCUT2D eigenvalue weighted by atomic mass is 32.1. The Bertz CT molecular complexity index is 383. The summed E-state index contributed by atoms with van der Waals surface area (Å²) in [7, 11) is 0. The summed E-state index contributed by atoms with van der Waals surface area (Å²) >= 11 is 1.27. The molecule has 0 saturated heterocycles. The van der Waals surface area contributed by atoms with Gasteiger partial charge in [0, 0.05) is 18.3 Å². The van der Waals surface area contributed by atoms with Crippen molar-refractivity contribution in [3.63, 3.8) is 0 Å². The summed E-state index contributed by atoms with van der Waals surface area (Å²) in [4.78, 5) is 19.3. The molecule has 6 nitrogen and oxygen atoms in total. The number of Topliss-reactive ketones (excluding diaryl/α,β-unsaturated/α-hetero) is 1. The second-order valence-electron chi connectivity index (χ2n) is 3.26. The number of unbranched alkanes of at least 4 members (excludes halogenated alkanes) is 1. The molecule has 1 aromatic heterocycles. The van der Waals surface area contributed by atoms with Gasteiger partial charge < -0.3 is 17.2 Å². The monoisotopic (exact) mass is 241 g/mol. The number of anilines is 1. The Kier molecular flexibility index (Phi) is 4.71. The number of nitrogens with two attached hydrogens (primary N) is 3. The topological polar surface area (TPSA) is 120 Å². The highest BCUT2D eigenvalue weighted by molar-refractivity contribution is 7.12. The molecular weight excluding hydrogens is 226 g/mol. The van der Waals surface area contributed by atoms with E-state index < -0.39 is 0 Å². The van der Waals surface area contributed by atoms with Gasteiger partial charge in [0.25, 0.3) is 0 Å². The molecule has 0 spiro atoms. The molecule has 0 aliphatic carbocycles. The quantitative estimate of drug-likeness (QED) is 0.287. The lowest BCUT2D eigenvalue weighted by atomic mass is 10.2. The molecule has 0 aromatic carbocycles. The van der Waals surface area contributed by atoms with E-state index >= 15 is 0 Å². The van der Waals surface area contributed by atoms with Crippen molar-refractivity contribution in [1.82, 2.24) is 4.98 Å². The van der Waals surface area contributed by atoms with Gasteiger partial charge in [0.05, 0.1) is 0 Å². The van der Waals surface area contributed by atoms with Crippen molar-refractivity contribution in [3.05, 3.63) is 10.4 Å². The van der Waals surface area contributed by atoms with Crippen molar-refractivity contribution >= 4 is 28.9 Å². The Morgan fingerprint density at radius 2 is 2.19 bits per heavy atom. The highest BCUT2D eigenvalue weighted by Gasteiger charge is 2.09. The smallest absolute Gasteiger partial charge is 0.191 e. The molecule has 1 aromatic rings. The van der Waals surface area contributed by atoms with Crippen LogP contribution in [0.3, 0.4) is 0 Å². The fourth-order valence-electron chi connectivity index (χ4n) is 1.13. The summed E-state index contributed by atoms with van der Waals surface area (Å²) in [6, 6.07) is 0. The minimum atomic E-state index is 0.0198. The van der Waals surface area contributed by atoms with E-state index in [1.807, 2.05) is 0 Å². The number of thiazole rings is 1. The van der Waals surface area contributed by atoms with Crippen molar-refractivity contribution < 1.29 is 4.79 Å². The predicted octanol–water partition coefficient (Wildman–Crippen LogP) is 0.352. The van der Waals surface area contributed by atoms with E-state index in [0.29, 0.717) is 23.8 Å². The van der Waals surface area contributed by atoms with Crippen molar-refractivity contribution in [2.75, 3.05) is 12.3 Å². The van der Waals surface area contributed by atoms with Crippen molar-refractivity contribution in [1.29, 1.82) is 0 Å². The summed E-state index contributed by atoms with van der Waals surface area (Å²) < 4.78 is 0. The summed E-state index contributed by atoms with van der Waals surface area (Å²) in [6.07, 6.45) is 1.98. The molecule has 1 rings (SSSR count). The zero-order valence-electron chi connectivity index (χ0n) is 8.85. The van der Waals surface area contributed by atoms with Gasteiger partial charge in [-0.2, -0.15) is 0 Å². The first-order chi connectivity index (χ1) is 7.59. The number of nitrogens with zero attached hydrogens (tertiary/aromatic N) is 2. The fourth-order valence-corrected chi connectivity index (χ4v) is 1.80. The molecule has 1 heterocycles. The van der Waals surface area contributed by atoms with Crippen LogP contribution in [0, 0.1) is 0 Å². The van der Waals surface area contributed by atoms with Gasteiger partial charge in [-0.15, -0.1) is 11.3 Å². The van der Waals surface area contributed by atoms with E-state index in [0.717, 1.165) is 12.8 Å². The first kappa shape index (κ1) is 12.4. The molecule has 0 saturated carbocycles. The zero-order valence-corrected chi connectivity index (χ0v) is 9.67. The molecule has 0 atom stereocenters. The molecule has 0 bridgehead atoms. The predicted molar refractivity (Wildman–Crippen MR) is 65.4 cm³/mol. The van der Waals surface area contributed by atoms with Gasteiger partial charge in [-0.05, 0) is 12.8 Å². The van der Waals surface area contributed by atoms with Crippen LogP contribution in [0.2, 0.25) is 0 Å². The molecule has 88 valence electrons. The van der Waals surface area contributed by atoms with Crippen LogP contribution >= 0.6 is 11.3 Å². The van der Waals surface area contributed by atoms with Crippen molar-refractivity contribution in [3.8, 4) is 0 Å². The third kappa shape index (κ3) is 4.26. The van der Waals surface area contributed by atoms with E-state index in [4.69, 9.17) is 17.2 Å². The van der Waals surface area contributed by atoms with Crippen LogP contribution in [0.5, 0.6) is 0 Å². The number of carbonyl (C=O) groups excluding carboxylic acids is 1. The average Bonchev–Trinajstić information content (AvgIpc) is 2.63. The van der Waals surface area contributed by atoms with Crippen LogP contribution in [0.25, 0.3) is 0 Å². The van der Waals surface area contributed by atoms with Gasteiger partial charge in [0.1, 0.15) is 5.82 Å². The van der Waals surface area contributed by atoms with E-state index in [1.54, 1.807) is 5.38 Å². The molecule has 0 aliphatic rings. The second-order valence-corrected chi connectivity index (χ2v) is 4.12. The maximum Gasteiger partial charge on any atom is 0.191 e. The Morgan fingerprint density at radius 1 is 1.44 bits per heavy atom. The summed E-state index contributed by atoms with van der Waals surface area (Å²) in [6.45, 7) is 0.551. The standard InChI is InChI=1S/C9H15N5OS/c10-7-5-16-8(14-7)6(15)3-1-2-4-13-9(11)12/h5H,1-4,10H2,(H4,11,12,13). The van der Waals surface area contributed by atoms with Crippen LogP contribution in [-0.4, -0.2) is 23.3 Å². The van der Waals surface area contributed by atoms with Crippen LogP contribution in [0.1, 0.15) is 29.1 Å². The van der Waals surface area contributed by atoms with Gasteiger partial charge in [-0.1, -0.05) is 0 Å². The van der Waals surface area contributed by atoms with Gasteiger partial charge in [-0.3, -0.25) is 9.79 Å². The van der Waals surface area contributed by atoms with Gasteiger partial charge in [0.15, 0.2) is 16.8 Å². The van der Waals surface area contributed by atoms with Crippen LogP contribution in [0.15, 0.2) is 10.4 Å². The summed E-state index contributed by atoms with van der Waals surface area (Å²) in [5.41, 5.74) is 15.8. The molecule has 0 fully saturated rings. The zero-order chi connectivity index (χ0) is 12.0. The van der Waals surface area contributed by atoms with Crippen LogP contribution in [-0.2, 0) is 0 Å². The highest BCUT2D eigenvalue weighted by Crippen LogP contribution is 2.14. The van der Waals surface area contributed by atoms with E-state index in [-0.39, 0.29) is 11.7 Å². The largest absolute Gasteiger partial charge is 0.383 e. The fraction of sp³-hybridized carbons (Fsp3) is 0.444. The SMILES string of the molecule is NC(N)=NCCCCC(=O)c1nc(N)cs1. The number of carbonyl (C=O) groups is 1. The summed E-state index contributed by atoms with van der Waals surface area (Å²) in [5, 5.41) is 2.13. The van der Waals surface area contributed by atoms with Gasteiger partial charge >= 0.3 is 0 Å². The molecule has 16 heavy (non-hydrogen) atoms. The lowest BCUT2D eigenvalue weighted by molar-refractivity contribution is 0.0979. The Balaban J connectivity index is 2.23. The Labute approximate surface area is 97.6 Å². The maximum atomic E-state index is 11.6. The molecular formula is C9H15N5OS. The van der Waals surface area contributed by atoms with Crippen molar-refractivity contribution in [2.24, 2.45) is 16.5 Å². The minimum Gasteiger partial charge on any atom is -0.383 e. The second kappa shape index (κ2) is 6.06. The Morgan fingerprint density at radius 3 is 2.75 bits per heavy atom.